The first kappa shape index (κ1) is 9.94. The second-order valence-corrected chi connectivity index (χ2v) is 3.10. The molecule has 74 valence electrons. The Labute approximate surface area is 74.9 Å². The number of carbonyl (C=O) groups is 2. The van der Waals surface area contributed by atoms with Crippen molar-refractivity contribution >= 4 is 11.9 Å². The molecule has 4 N–H and O–H groups in total. The van der Waals surface area contributed by atoms with E-state index in [0.29, 0.717) is 0 Å². The van der Waals surface area contributed by atoms with Crippen molar-refractivity contribution in [2.24, 2.45) is 5.73 Å². The quantitative estimate of drug-likeness (QED) is 0.475. The van der Waals surface area contributed by atoms with E-state index in [2.05, 4.69) is 0 Å². The average Bonchev–Trinajstić information content (AvgIpc) is 1.96. The van der Waals surface area contributed by atoms with Crippen molar-refractivity contribution in [3.63, 3.8) is 0 Å². The Morgan fingerprint density at radius 2 is 2.08 bits per heavy atom. The molecule has 1 heterocycles. The van der Waals surface area contributed by atoms with Gasteiger partial charge >= 0.3 is 5.97 Å². The lowest BCUT2D eigenvalue weighted by Crippen LogP contribution is -2.58. The molecule has 0 aromatic heterocycles. The van der Waals surface area contributed by atoms with Crippen molar-refractivity contribution in [1.82, 2.24) is 4.90 Å². The zero-order valence-corrected chi connectivity index (χ0v) is 7.01. The van der Waals surface area contributed by atoms with E-state index in [0.717, 1.165) is 0 Å². The minimum absolute atomic E-state index is 0.256. The summed E-state index contributed by atoms with van der Waals surface area (Å²) in [7, 11) is 0. The molecule has 1 rings (SSSR count). The molecule has 0 radical (unpaired) electrons. The van der Waals surface area contributed by atoms with Crippen LogP contribution < -0.4 is 5.73 Å². The second-order valence-electron chi connectivity index (χ2n) is 3.10. The van der Waals surface area contributed by atoms with Crippen LogP contribution in [-0.2, 0) is 9.59 Å². The molecule has 6 nitrogen and oxygen atoms in total. The predicted octanol–water partition coefficient (Wildman–Crippen LogP) is -2.01. The summed E-state index contributed by atoms with van der Waals surface area (Å²) in [6.07, 6.45) is -0.855. The van der Waals surface area contributed by atoms with Crippen LogP contribution in [0.5, 0.6) is 0 Å². The molecule has 0 aromatic carbocycles. The highest BCUT2D eigenvalue weighted by Crippen LogP contribution is 2.09. The molecule has 1 saturated heterocycles. The number of carbonyl (C=O) groups excluding carboxylic acids is 1. The molecule has 1 aliphatic heterocycles. The number of nitrogens with two attached hydrogens (primary N) is 1. The fraction of sp³-hybridized carbons (Fsp3) is 0.714. The van der Waals surface area contributed by atoms with E-state index in [1.807, 2.05) is 0 Å². The van der Waals surface area contributed by atoms with Gasteiger partial charge in [0.25, 0.3) is 0 Å². The zero-order valence-electron chi connectivity index (χ0n) is 7.01. The molecule has 1 fully saturated rings. The summed E-state index contributed by atoms with van der Waals surface area (Å²) in [5.74, 6) is -1.50. The summed E-state index contributed by atoms with van der Waals surface area (Å²) in [6, 6.07) is -0.995. The van der Waals surface area contributed by atoms with Crippen molar-refractivity contribution in [1.29, 1.82) is 0 Å². The largest absolute Gasteiger partial charge is 0.481 e. The first-order valence-corrected chi connectivity index (χ1v) is 3.95. The Hall–Kier alpha value is -1.14. The Morgan fingerprint density at radius 3 is 2.46 bits per heavy atom. The van der Waals surface area contributed by atoms with Crippen LogP contribution >= 0.6 is 0 Å². The molecule has 0 aliphatic carbocycles. The maximum absolute atomic E-state index is 11.2. The van der Waals surface area contributed by atoms with Crippen molar-refractivity contribution in [3.8, 4) is 0 Å². The molecule has 0 saturated carbocycles. The Kier molecular flexibility index (Phi) is 2.84. The van der Waals surface area contributed by atoms with E-state index < -0.39 is 24.0 Å². The summed E-state index contributed by atoms with van der Waals surface area (Å²) >= 11 is 0. The van der Waals surface area contributed by atoms with E-state index in [9.17, 15) is 9.59 Å². The molecule has 1 unspecified atom stereocenters. The summed E-state index contributed by atoms with van der Waals surface area (Å²) in [5, 5.41) is 17.2. The third kappa shape index (κ3) is 2.40. The molecule has 6 heteroatoms. The number of likely N-dealkylation sites (tertiary alicyclic amines) is 1. The van der Waals surface area contributed by atoms with Gasteiger partial charge in [0.05, 0.1) is 18.6 Å². The molecule has 1 aliphatic rings. The van der Waals surface area contributed by atoms with Crippen LogP contribution in [0.3, 0.4) is 0 Å². The number of hydrogen-bond acceptors (Lipinski definition) is 4. The number of amides is 1. The third-order valence-corrected chi connectivity index (χ3v) is 1.89. The van der Waals surface area contributed by atoms with Gasteiger partial charge in [0.1, 0.15) is 0 Å². The number of β-amino-alcohol motifs (C(OH)–C–C–N with tert-alkyl or cyclic N) is 1. The van der Waals surface area contributed by atoms with E-state index in [4.69, 9.17) is 15.9 Å². The summed E-state index contributed by atoms with van der Waals surface area (Å²) in [6.45, 7) is 0.512. The molecule has 0 aromatic rings. The molecular weight excluding hydrogens is 176 g/mol. The molecule has 1 amide bonds. The van der Waals surface area contributed by atoms with E-state index >= 15 is 0 Å². The molecule has 1 atom stereocenters. The van der Waals surface area contributed by atoms with Gasteiger partial charge in [0.2, 0.25) is 5.91 Å². The molecule has 13 heavy (non-hydrogen) atoms. The lowest BCUT2D eigenvalue weighted by molar-refractivity contribution is -0.147. The third-order valence-electron chi connectivity index (χ3n) is 1.89. The number of carboxylic acids is 1. The van der Waals surface area contributed by atoms with Gasteiger partial charge in [-0.2, -0.15) is 0 Å². The Morgan fingerprint density at radius 1 is 1.54 bits per heavy atom. The predicted molar refractivity (Wildman–Crippen MR) is 42.8 cm³/mol. The van der Waals surface area contributed by atoms with Crippen LogP contribution in [0.4, 0.5) is 0 Å². The van der Waals surface area contributed by atoms with Gasteiger partial charge in [-0.15, -0.1) is 0 Å². The van der Waals surface area contributed by atoms with Gasteiger partial charge in [-0.3, -0.25) is 9.59 Å². The smallest absolute Gasteiger partial charge is 0.305 e. The monoisotopic (exact) mass is 188 g/mol. The lowest BCUT2D eigenvalue weighted by atomic mass is 10.1. The van der Waals surface area contributed by atoms with Gasteiger partial charge in [0, 0.05) is 13.1 Å². The van der Waals surface area contributed by atoms with Crippen LogP contribution in [0.25, 0.3) is 0 Å². The number of nitrogens with zero attached hydrogens (tertiary/aromatic N) is 1. The van der Waals surface area contributed by atoms with Crippen molar-refractivity contribution in [3.05, 3.63) is 0 Å². The van der Waals surface area contributed by atoms with Crippen molar-refractivity contribution in [2.45, 2.75) is 18.6 Å². The minimum Gasteiger partial charge on any atom is -0.481 e. The molecular formula is C7H12N2O4. The molecule has 0 spiro atoms. The number of rotatable bonds is 3. The summed E-state index contributed by atoms with van der Waals surface area (Å²) in [5.41, 5.74) is 5.32. The fourth-order valence-corrected chi connectivity index (χ4v) is 1.15. The number of aliphatic hydroxyl groups excluding tert-OH is 1. The van der Waals surface area contributed by atoms with Crippen LogP contribution in [0.1, 0.15) is 6.42 Å². The van der Waals surface area contributed by atoms with Crippen LogP contribution in [0, 0.1) is 0 Å². The Bertz CT molecular complexity index is 225. The maximum Gasteiger partial charge on any atom is 0.305 e. The average molecular weight is 188 g/mol. The highest BCUT2D eigenvalue weighted by Gasteiger charge is 2.32. The second kappa shape index (κ2) is 3.71. The highest BCUT2D eigenvalue weighted by atomic mass is 16.4. The first-order chi connectivity index (χ1) is 6.00. The van der Waals surface area contributed by atoms with E-state index in [1.165, 1.54) is 4.90 Å². The number of carboxylic acid groups (broad SMARTS) is 1. The topological polar surface area (TPSA) is 104 Å². The van der Waals surface area contributed by atoms with Crippen molar-refractivity contribution < 1.29 is 19.8 Å². The number of hydrogen-bond donors (Lipinski definition) is 3. The number of aliphatic carboxylic acids is 1. The maximum atomic E-state index is 11.2. The fourth-order valence-electron chi connectivity index (χ4n) is 1.15. The van der Waals surface area contributed by atoms with Gasteiger partial charge in [-0.1, -0.05) is 0 Å². The standard InChI is InChI=1S/C7H12N2O4/c8-5(1-6(11)12)7(13)9-2-4(10)3-9/h4-5,10H,1-3,8H2,(H,11,12). The van der Waals surface area contributed by atoms with Crippen LogP contribution in [0.2, 0.25) is 0 Å². The zero-order chi connectivity index (χ0) is 10.0. The lowest BCUT2D eigenvalue weighted by Gasteiger charge is -2.37. The van der Waals surface area contributed by atoms with E-state index in [-0.39, 0.29) is 19.5 Å². The van der Waals surface area contributed by atoms with Gasteiger partial charge in [-0.25, -0.2) is 0 Å². The van der Waals surface area contributed by atoms with E-state index in [1.54, 1.807) is 0 Å². The summed E-state index contributed by atoms with van der Waals surface area (Å²) in [4.78, 5) is 22.8. The molecule has 0 bridgehead atoms. The van der Waals surface area contributed by atoms with Crippen molar-refractivity contribution in [2.75, 3.05) is 13.1 Å². The SMILES string of the molecule is NC(CC(=O)O)C(=O)N1CC(O)C1. The first-order valence-electron chi connectivity index (χ1n) is 3.95. The van der Waals surface area contributed by atoms with Crippen LogP contribution in [0.15, 0.2) is 0 Å². The highest BCUT2D eigenvalue weighted by molar-refractivity contribution is 5.86. The van der Waals surface area contributed by atoms with Gasteiger partial charge in [-0.05, 0) is 0 Å². The Balaban J connectivity index is 2.35. The minimum atomic E-state index is -1.10. The normalized spacial score (nSPS) is 19.4. The van der Waals surface area contributed by atoms with Gasteiger partial charge < -0.3 is 20.8 Å². The number of aliphatic hydroxyl groups is 1. The summed E-state index contributed by atoms with van der Waals surface area (Å²) < 4.78 is 0. The van der Waals surface area contributed by atoms with Crippen LogP contribution in [-0.4, -0.2) is 52.2 Å². The van der Waals surface area contributed by atoms with Gasteiger partial charge in [0.15, 0.2) is 0 Å².